The molecule has 0 atom stereocenters. The lowest BCUT2D eigenvalue weighted by atomic mass is 10.2. The van der Waals surface area contributed by atoms with Gasteiger partial charge < -0.3 is 14.6 Å². The van der Waals surface area contributed by atoms with Gasteiger partial charge >= 0.3 is 5.97 Å². The molecule has 0 bridgehead atoms. The molecule has 7 heteroatoms. The van der Waals surface area contributed by atoms with Gasteiger partial charge in [0.2, 0.25) is 5.43 Å². The number of pyridine rings is 2. The molecule has 2 aromatic heterocycles. The van der Waals surface area contributed by atoms with Crippen LogP contribution in [-0.2, 0) is 6.54 Å². The Kier molecular flexibility index (Phi) is 4.20. The zero-order chi connectivity index (χ0) is 14.9. The maximum Gasteiger partial charge on any atom is 0.341 e. The molecule has 2 heterocycles. The van der Waals surface area contributed by atoms with Gasteiger partial charge in [-0.1, -0.05) is 0 Å². The van der Waals surface area contributed by atoms with Gasteiger partial charge in [0.1, 0.15) is 11.2 Å². The van der Waals surface area contributed by atoms with Gasteiger partial charge in [-0.3, -0.25) is 4.79 Å². The normalized spacial score (nSPS) is 11.2. The van der Waals surface area contributed by atoms with Crippen LogP contribution in [0.25, 0.3) is 11.0 Å². The molecule has 6 nitrogen and oxygen atoms in total. The summed E-state index contributed by atoms with van der Waals surface area (Å²) in [4.78, 5) is 29.5. The van der Waals surface area contributed by atoms with Crippen molar-refractivity contribution in [1.29, 1.82) is 0 Å². The third-order valence-corrected chi connectivity index (χ3v) is 3.33. The van der Waals surface area contributed by atoms with Crippen molar-refractivity contribution in [2.45, 2.75) is 6.54 Å². The molecule has 106 valence electrons. The second kappa shape index (κ2) is 5.72. The zero-order valence-electron chi connectivity index (χ0n) is 11.1. The van der Waals surface area contributed by atoms with Gasteiger partial charge in [-0.05, 0) is 36.1 Å². The quantitative estimate of drug-likeness (QED) is 0.911. The Bertz CT molecular complexity index is 725. The van der Waals surface area contributed by atoms with Crippen LogP contribution in [0, 0.1) is 0 Å². The number of aromatic nitrogens is 2. The zero-order valence-corrected chi connectivity index (χ0v) is 12.7. The molecular weight excluding hydrogens is 326 g/mol. The van der Waals surface area contributed by atoms with Crippen molar-refractivity contribution in [3.8, 4) is 0 Å². The Morgan fingerprint density at radius 3 is 2.80 bits per heavy atom. The van der Waals surface area contributed by atoms with E-state index in [0.717, 1.165) is 6.54 Å². The first kappa shape index (κ1) is 14.7. The van der Waals surface area contributed by atoms with Gasteiger partial charge in [-0.15, -0.1) is 0 Å². The van der Waals surface area contributed by atoms with Gasteiger partial charge in [0.15, 0.2) is 0 Å². The van der Waals surface area contributed by atoms with Crippen molar-refractivity contribution in [1.82, 2.24) is 14.5 Å². The summed E-state index contributed by atoms with van der Waals surface area (Å²) in [7, 11) is 3.85. The summed E-state index contributed by atoms with van der Waals surface area (Å²) in [6.45, 7) is 1.27. The van der Waals surface area contributed by atoms with Crippen molar-refractivity contribution >= 4 is 32.9 Å². The van der Waals surface area contributed by atoms with Crippen molar-refractivity contribution in [2.75, 3.05) is 20.6 Å². The monoisotopic (exact) mass is 339 g/mol. The average molecular weight is 340 g/mol. The van der Waals surface area contributed by atoms with E-state index in [2.05, 4.69) is 20.9 Å². The number of nitrogens with zero attached hydrogens (tertiary/aromatic N) is 3. The second-order valence-corrected chi connectivity index (χ2v) is 5.61. The molecule has 0 saturated heterocycles. The maximum absolute atomic E-state index is 12.1. The summed E-state index contributed by atoms with van der Waals surface area (Å²) >= 11 is 3.25. The summed E-state index contributed by atoms with van der Waals surface area (Å²) < 4.78 is 2.34. The lowest BCUT2D eigenvalue weighted by molar-refractivity contribution is 0.0695. The minimum atomic E-state index is -1.23. The predicted molar refractivity (Wildman–Crippen MR) is 79.2 cm³/mol. The van der Waals surface area contributed by atoms with Crippen LogP contribution < -0.4 is 5.43 Å². The van der Waals surface area contributed by atoms with Crippen LogP contribution in [0.1, 0.15) is 10.4 Å². The van der Waals surface area contributed by atoms with E-state index >= 15 is 0 Å². The van der Waals surface area contributed by atoms with Crippen LogP contribution in [0.4, 0.5) is 0 Å². The van der Waals surface area contributed by atoms with E-state index in [9.17, 15) is 9.59 Å². The Labute approximate surface area is 123 Å². The molecule has 20 heavy (non-hydrogen) atoms. The topological polar surface area (TPSA) is 75.4 Å². The summed E-state index contributed by atoms with van der Waals surface area (Å²) in [5, 5.41) is 9.44. The summed E-state index contributed by atoms with van der Waals surface area (Å²) in [6.07, 6.45) is 2.95. The third-order valence-electron chi connectivity index (χ3n) is 2.90. The summed E-state index contributed by atoms with van der Waals surface area (Å²) in [5.74, 6) is -1.23. The molecule has 2 aromatic rings. The lowest BCUT2D eigenvalue weighted by Gasteiger charge is -2.14. The third kappa shape index (κ3) is 2.88. The number of carboxylic acids is 1. The number of hydrogen-bond acceptors (Lipinski definition) is 4. The molecule has 0 aromatic carbocycles. The largest absolute Gasteiger partial charge is 0.477 e. The first-order valence-corrected chi connectivity index (χ1v) is 6.76. The Balaban J connectivity index is 2.69. The number of carbonyl (C=O) groups is 1. The highest BCUT2D eigenvalue weighted by Gasteiger charge is 2.15. The van der Waals surface area contributed by atoms with Crippen molar-refractivity contribution in [3.05, 3.63) is 38.7 Å². The van der Waals surface area contributed by atoms with Crippen LogP contribution in [0.5, 0.6) is 0 Å². The van der Waals surface area contributed by atoms with Gasteiger partial charge in [-0.2, -0.15) is 0 Å². The Morgan fingerprint density at radius 2 is 2.20 bits per heavy atom. The number of rotatable bonds is 4. The minimum absolute atomic E-state index is 0.240. The molecule has 0 saturated carbocycles. The lowest BCUT2D eigenvalue weighted by Crippen LogP contribution is -2.23. The van der Waals surface area contributed by atoms with Gasteiger partial charge in [0.25, 0.3) is 0 Å². The van der Waals surface area contributed by atoms with Crippen molar-refractivity contribution in [3.63, 3.8) is 0 Å². The number of aromatic carboxylic acids is 1. The Morgan fingerprint density at radius 1 is 1.50 bits per heavy atom. The molecule has 0 spiro atoms. The molecule has 0 aliphatic heterocycles. The number of likely N-dealkylation sites (N-methyl/N-ethyl adjacent to an activating group) is 1. The van der Waals surface area contributed by atoms with Crippen LogP contribution in [0.3, 0.4) is 0 Å². The van der Waals surface area contributed by atoms with Crippen molar-refractivity contribution < 1.29 is 9.90 Å². The Hall–Kier alpha value is -1.73. The number of fused-ring (bicyclic) bond motifs is 1. The van der Waals surface area contributed by atoms with Gasteiger partial charge in [-0.25, -0.2) is 9.78 Å². The van der Waals surface area contributed by atoms with E-state index in [0.29, 0.717) is 22.1 Å². The molecular formula is C13H14BrN3O3. The van der Waals surface area contributed by atoms with Gasteiger partial charge in [0, 0.05) is 30.0 Å². The predicted octanol–water partition coefficient (Wildman–Crippen LogP) is 1.42. The number of carboxylic acid groups (broad SMARTS) is 1. The number of halogens is 1. The molecule has 2 rings (SSSR count). The highest BCUT2D eigenvalue weighted by molar-refractivity contribution is 9.10. The molecule has 0 radical (unpaired) electrons. The SMILES string of the molecule is CN(C)CCn1cc(C(=O)O)c(=O)c2cc(Br)cnc21. The summed E-state index contributed by atoms with van der Waals surface area (Å²) in [5.41, 5.74) is -0.261. The van der Waals surface area contributed by atoms with E-state index in [1.165, 1.54) is 6.20 Å². The van der Waals surface area contributed by atoms with E-state index in [-0.39, 0.29) is 5.56 Å². The van der Waals surface area contributed by atoms with E-state index in [4.69, 9.17) is 5.11 Å². The molecule has 0 aliphatic carbocycles. The minimum Gasteiger partial charge on any atom is -0.477 e. The van der Waals surface area contributed by atoms with Gasteiger partial charge in [0.05, 0.1) is 5.39 Å². The van der Waals surface area contributed by atoms with Crippen LogP contribution in [0.2, 0.25) is 0 Å². The van der Waals surface area contributed by atoms with Crippen molar-refractivity contribution in [2.24, 2.45) is 0 Å². The maximum atomic E-state index is 12.1. The fraction of sp³-hybridized carbons (Fsp3) is 0.308. The van der Waals surface area contributed by atoms with Crippen LogP contribution >= 0.6 is 15.9 Å². The molecule has 0 aliphatic rings. The summed E-state index contributed by atoms with van der Waals surface area (Å²) in [6, 6.07) is 1.60. The second-order valence-electron chi connectivity index (χ2n) is 4.70. The highest BCUT2D eigenvalue weighted by Crippen LogP contribution is 2.15. The molecule has 0 fully saturated rings. The smallest absolute Gasteiger partial charge is 0.341 e. The highest BCUT2D eigenvalue weighted by atomic mass is 79.9. The molecule has 1 N–H and O–H groups in total. The van der Waals surface area contributed by atoms with E-state index in [1.807, 2.05) is 19.0 Å². The van der Waals surface area contributed by atoms with E-state index in [1.54, 1.807) is 16.8 Å². The molecule has 0 amide bonds. The molecule has 0 unspecified atom stereocenters. The first-order chi connectivity index (χ1) is 9.40. The average Bonchev–Trinajstić information content (AvgIpc) is 2.37. The standard InChI is InChI=1S/C13H14BrN3O3/c1-16(2)3-4-17-7-10(13(19)20)11(18)9-5-8(14)6-15-12(9)17/h5-7H,3-4H2,1-2H3,(H,19,20). The van der Waals surface area contributed by atoms with Crippen LogP contribution in [0.15, 0.2) is 27.7 Å². The van der Waals surface area contributed by atoms with Crippen LogP contribution in [-0.4, -0.2) is 46.2 Å². The van der Waals surface area contributed by atoms with E-state index < -0.39 is 11.4 Å². The fourth-order valence-electron chi connectivity index (χ4n) is 1.88. The fourth-order valence-corrected chi connectivity index (χ4v) is 2.21. The number of hydrogen-bond donors (Lipinski definition) is 1. The first-order valence-electron chi connectivity index (χ1n) is 5.97.